The normalized spacial score (nSPS) is 42.1. The van der Waals surface area contributed by atoms with Crippen molar-refractivity contribution >= 4 is 5.97 Å². The summed E-state index contributed by atoms with van der Waals surface area (Å²) < 4.78 is 26.2. The number of alkyl halides is 1. The molecule has 310 valence electrons. The number of esters is 1. The number of allylic oxidation sites excluding steroid dienone is 4. The van der Waals surface area contributed by atoms with Gasteiger partial charge in [-0.25, -0.2) is 4.39 Å². The summed E-state index contributed by atoms with van der Waals surface area (Å²) in [5.74, 6) is 4.04. The fraction of sp³-hybridized carbons (Fsp3) is 0.780. The maximum Gasteiger partial charge on any atom is 0.315 e. The van der Waals surface area contributed by atoms with Crippen molar-refractivity contribution in [3.05, 3.63) is 59.2 Å². The number of halogens is 1. The fourth-order valence-corrected chi connectivity index (χ4v) is 15.5. The van der Waals surface area contributed by atoms with Crippen LogP contribution >= 0.6 is 0 Å². The molecule has 0 bridgehead atoms. The van der Waals surface area contributed by atoms with Crippen molar-refractivity contribution in [1.29, 1.82) is 0 Å². The van der Waals surface area contributed by atoms with E-state index in [0.717, 1.165) is 81.5 Å². The van der Waals surface area contributed by atoms with Crippen molar-refractivity contribution in [1.82, 2.24) is 10.2 Å². The van der Waals surface area contributed by atoms with Gasteiger partial charge < -0.3 is 14.8 Å². The van der Waals surface area contributed by atoms with Crippen LogP contribution in [0.5, 0.6) is 0 Å². The highest BCUT2D eigenvalue weighted by Gasteiger charge is 2.70. The van der Waals surface area contributed by atoms with Gasteiger partial charge in [-0.1, -0.05) is 91.0 Å². The number of morpholine rings is 1. The Labute approximate surface area is 339 Å². The molecule has 6 heteroatoms. The quantitative estimate of drug-likeness (QED) is 0.240. The molecule has 1 aromatic carbocycles. The summed E-state index contributed by atoms with van der Waals surface area (Å²) in [5, 5.41) is 4.35. The van der Waals surface area contributed by atoms with Crippen molar-refractivity contribution < 1.29 is 18.7 Å². The van der Waals surface area contributed by atoms with Gasteiger partial charge in [-0.05, 0) is 151 Å². The predicted octanol–water partition coefficient (Wildman–Crippen LogP) is 10.7. The third kappa shape index (κ3) is 6.52. The summed E-state index contributed by atoms with van der Waals surface area (Å²) in [7, 11) is 0. The van der Waals surface area contributed by atoms with E-state index in [2.05, 4.69) is 70.8 Å². The second kappa shape index (κ2) is 15.2. The van der Waals surface area contributed by atoms with Gasteiger partial charge in [-0.2, -0.15) is 0 Å². The van der Waals surface area contributed by atoms with Crippen molar-refractivity contribution in [3.8, 4) is 0 Å². The van der Waals surface area contributed by atoms with Gasteiger partial charge in [0.15, 0.2) is 0 Å². The zero-order chi connectivity index (χ0) is 39.6. The van der Waals surface area contributed by atoms with Crippen LogP contribution in [-0.4, -0.2) is 62.5 Å². The van der Waals surface area contributed by atoms with Gasteiger partial charge in [0.05, 0.1) is 18.6 Å². The number of rotatable bonds is 10. The third-order valence-corrected chi connectivity index (χ3v) is 18.8. The monoisotopic (exact) mass is 771 g/mol. The lowest BCUT2D eigenvalue weighted by atomic mass is 9.32. The first-order valence-corrected chi connectivity index (χ1v) is 23.0. The molecule has 56 heavy (non-hydrogen) atoms. The Morgan fingerprint density at radius 2 is 1.66 bits per heavy atom. The topological polar surface area (TPSA) is 50.8 Å². The lowest BCUT2D eigenvalue weighted by molar-refractivity contribution is -0.223. The number of carbonyl (C=O) groups excluding carboxylic acids is 1. The second-order valence-electron chi connectivity index (χ2n) is 21.6. The van der Waals surface area contributed by atoms with E-state index >= 15 is 0 Å². The molecule has 0 radical (unpaired) electrons. The van der Waals surface area contributed by atoms with E-state index in [1.54, 1.807) is 0 Å². The summed E-state index contributed by atoms with van der Waals surface area (Å²) in [6.45, 7) is 24.0. The number of fused-ring (bicyclic) bond motifs is 7. The van der Waals surface area contributed by atoms with Gasteiger partial charge in [0.1, 0.15) is 13.3 Å². The molecule has 5 nitrogen and oxygen atoms in total. The van der Waals surface area contributed by atoms with Gasteiger partial charge in [0.25, 0.3) is 0 Å². The summed E-state index contributed by atoms with van der Waals surface area (Å²) in [5.41, 5.74) is 3.96. The molecule has 0 amide bonds. The van der Waals surface area contributed by atoms with Crippen molar-refractivity contribution in [2.24, 2.45) is 62.6 Å². The highest BCUT2D eigenvalue weighted by atomic mass is 19.1. The van der Waals surface area contributed by atoms with Crippen LogP contribution in [0.1, 0.15) is 131 Å². The first kappa shape index (κ1) is 40.7. The Morgan fingerprint density at radius 1 is 0.893 bits per heavy atom. The predicted molar refractivity (Wildman–Crippen MR) is 225 cm³/mol. The fourth-order valence-electron chi connectivity index (χ4n) is 15.5. The van der Waals surface area contributed by atoms with Crippen LogP contribution in [0.25, 0.3) is 0 Å². The van der Waals surface area contributed by atoms with Gasteiger partial charge >= 0.3 is 5.97 Å². The van der Waals surface area contributed by atoms with Crippen LogP contribution in [-0.2, 0) is 20.9 Å². The first-order valence-electron chi connectivity index (χ1n) is 23.0. The average Bonchev–Trinajstić information content (AvgIpc) is 3.58. The van der Waals surface area contributed by atoms with Crippen molar-refractivity contribution in [2.75, 3.05) is 46.1 Å². The Hall–Kier alpha value is -2.02. The van der Waals surface area contributed by atoms with E-state index < -0.39 is 12.1 Å². The lowest BCUT2D eigenvalue weighted by Crippen LogP contribution is -2.68. The van der Waals surface area contributed by atoms with Crippen LogP contribution in [0.15, 0.2) is 53.6 Å². The van der Waals surface area contributed by atoms with Crippen LogP contribution in [0.2, 0.25) is 0 Å². The van der Waals surface area contributed by atoms with Crippen LogP contribution in [0, 0.1) is 62.6 Å². The molecule has 1 N–H and O–H groups in total. The molecule has 0 aromatic heterocycles. The standard InChI is InChI=1S/C50H75FN2O3/c1-35(2)38-17-24-50(52-27-28-53-29-31-55-32-30-53)26-25-47(6)40(43(38)50)13-14-42-46(5)20-18-39(45(3,4)41(46)19-21-48(42,47)7)37-15-22-49(34-51,23-16-37)44(54)56-33-36-11-9-8-10-12-36/h8-12,15,18,35,38,40-43,52H,13-14,16-17,19-34H2,1-7H3/t38-,40+,41-,42+,43+,46-,47+,48+,49-,50-/m0/s1. The van der Waals surface area contributed by atoms with E-state index in [1.807, 2.05) is 30.3 Å². The number of carbonyl (C=O) groups is 1. The van der Waals surface area contributed by atoms with Gasteiger partial charge in [-0.15, -0.1) is 0 Å². The molecule has 1 heterocycles. The van der Waals surface area contributed by atoms with E-state index in [4.69, 9.17) is 9.47 Å². The summed E-state index contributed by atoms with van der Waals surface area (Å²) in [6.07, 6.45) is 18.4. The third-order valence-electron chi connectivity index (χ3n) is 18.8. The Morgan fingerprint density at radius 3 is 2.36 bits per heavy atom. The smallest absolute Gasteiger partial charge is 0.315 e. The van der Waals surface area contributed by atoms with E-state index in [-0.39, 0.29) is 23.4 Å². The van der Waals surface area contributed by atoms with E-state index in [0.29, 0.717) is 41.0 Å². The number of nitrogens with one attached hydrogen (secondary N) is 1. The van der Waals surface area contributed by atoms with E-state index in [1.165, 1.54) is 62.5 Å². The van der Waals surface area contributed by atoms with E-state index in [9.17, 15) is 9.18 Å². The molecular weight excluding hydrogens is 696 g/mol. The van der Waals surface area contributed by atoms with Crippen molar-refractivity contribution in [3.63, 3.8) is 0 Å². The molecular formula is C50H75FN2O3. The van der Waals surface area contributed by atoms with Crippen LogP contribution in [0.3, 0.4) is 0 Å². The molecule has 8 rings (SSSR count). The Kier molecular flexibility index (Phi) is 11.1. The average molecular weight is 771 g/mol. The minimum Gasteiger partial charge on any atom is -0.460 e. The molecule has 7 aliphatic rings. The number of benzene rings is 1. The van der Waals surface area contributed by atoms with Gasteiger partial charge in [-0.3, -0.25) is 9.69 Å². The summed E-state index contributed by atoms with van der Waals surface area (Å²) in [4.78, 5) is 16.0. The maximum atomic E-state index is 14.8. The Bertz CT molecular complexity index is 1650. The molecule has 4 saturated carbocycles. The SMILES string of the molecule is CC(C)[C@@H]1CC[C@]2(NCCN3CCOCC3)CC[C@]3(C)[C@H](CC[C@@H]4[C@@]5(C)CC=C(C6=CC[C@](CF)(C(=O)OCc7ccccc7)CC6)C(C)(C)[C@@H]5CC[C@]43C)[C@@H]12. The number of hydrogen-bond acceptors (Lipinski definition) is 5. The molecule has 0 unspecified atom stereocenters. The van der Waals surface area contributed by atoms with Crippen LogP contribution < -0.4 is 5.32 Å². The molecule has 10 atom stereocenters. The maximum absolute atomic E-state index is 14.8. The number of ether oxygens (including phenoxy) is 2. The second-order valence-corrected chi connectivity index (χ2v) is 21.6. The Balaban J connectivity index is 1.00. The molecule has 5 fully saturated rings. The molecule has 1 aromatic rings. The first-order chi connectivity index (χ1) is 26.7. The summed E-state index contributed by atoms with van der Waals surface area (Å²) >= 11 is 0. The molecule has 6 aliphatic carbocycles. The summed E-state index contributed by atoms with van der Waals surface area (Å²) in [6, 6.07) is 9.73. The zero-order valence-corrected chi connectivity index (χ0v) is 36.2. The zero-order valence-electron chi connectivity index (χ0n) is 36.2. The molecule has 1 saturated heterocycles. The lowest BCUT2D eigenvalue weighted by Gasteiger charge is -2.72. The largest absolute Gasteiger partial charge is 0.460 e. The van der Waals surface area contributed by atoms with Gasteiger partial charge in [0, 0.05) is 31.7 Å². The van der Waals surface area contributed by atoms with Gasteiger partial charge in [0.2, 0.25) is 0 Å². The minimum atomic E-state index is -1.07. The minimum absolute atomic E-state index is 0.0295. The molecule has 0 spiro atoms. The number of hydrogen-bond donors (Lipinski definition) is 1. The highest BCUT2D eigenvalue weighted by molar-refractivity contribution is 5.78. The van der Waals surface area contributed by atoms with Crippen molar-refractivity contribution in [2.45, 2.75) is 138 Å². The molecule has 1 aliphatic heterocycles. The van der Waals surface area contributed by atoms with Crippen LogP contribution in [0.4, 0.5) is 4.39 Å². The number of nitrogens with zero attached hydrogens (tertiary/aromatic N) is 1. The highest BCUT2D eigenvalue weighted by Crippen LogP contribution is 2.76.